The summed E-state index contributed by atoms with van der Waals surface area (Å²) in [5.74, 6) is 1.36. The molecule has 0 atom stereocenters. The predicted octanol–water partition coefficient (Wildman–Crippen LogP) is 1.71. The van der Waals surface area contributed by atoms with Crippen LogP contribution in [0.25, 0.3) is 0 Å². The molecular formula is C8H16N4O. The Morgan fingerprint density at radius 3 is 2.69 bits per heavy atom. The molecule has 1 aromatic rings. The Kier molecular flexibility index (Phi) is 4.08. The van der Waals surface area contributed by atoms with Gasteiger partial charge in [-0.05, 0) is 16.7 Å². The first-order valence-corrected chi connectivity index (χ1v) is 4.62. The molecule has 0 aliphatic carbocycles. The maximum Gasteiger partial charge on any atom is 0.215 e. The van der Waals surface area contributed by atoms with E-state index in [2.05, 4.69) is 32.5 Å². The first-order valence-electron chi connectivity index (χ1n) is 4.62. The lowest BCUT2D eigenvalue weighted by Crippen LogP contribution is -2.03. The molecule has 5 nitrogen and oxygen atoms in total. The minimum Gasteiger partial charge on any atom is -0.367 e. The average Bonchev–Trinajstić information content (AvgIpc) is 2.60. The van der Waals surface area contributed by atoms with Crippen LogP contribution in [-0.4, -0.2) is 23.9 Å². The van der Waals surface area contributed by atoms with E-state index in [4.69, 9.17) is 0 Å². The molecule has 0 spiro atoms. The van der Waals surface area contributed by atoms with Crippen molar-refractivity contribution < 1.29 is 4.63 Å². The Labute approximate surface area is 77.9 Å². The highest BCUT2D eigenvalue weighted by molar-refractivity contribution is 5.56. The lowest BCUT2D eigenvalue weighted by Gasteiger charge is -2.01. The van der Waals surface area contributed by atoms with Crippen molar-refractivity contribution in [2.75, 3.05) is 24.2 Å². The van der Waals surface area contributed by atoms with E-state index in [1.165, 1.54) is 12.8 Å². The van der Waals surface area contributed by atoms with E-state index >= 15 is 0 Å². The predicted molar refractivity (Wildman–Crippen MR) is 51.9 cm³/mol. The van der Waals surface area contributed by atoms with Crippen LogP contribution in [0.1, 0.15) is 26.2 Å². The topological polar surface area (TPSA) is 63.0 Å². The Morgan fingerprint density at radius 1 is 1.23 bits per heavy atom. The summed E-state index contributed by atoms with van der Waals surface area (Å²) < 4.78 is 4.57. The van der Waals surface area contributed by atoms with Crippen molar-refractivity contribution >= 4 is 11.6 Å². The highest BCUT2D eigenvalue weighted by Crippen LogP contribution is 2.14. The van der Waals surface area contributed by atoms with E-state index in [0.29, 0.717) is 11.6 Å². The van der Waals surface area contributed by atoms with Gasteiger partial charge in [-0.1, -0.05) is 19.8 Å². The van der Waals surface area contributed by atoms with Crippen molar-refractivity contribution in [3.8, 4) is 0 Å². The minimum atomic E-state index is 0.663. The second-order valence-electron chi connectivity index (χ2n) is 2.85. The third kappa shape index (κ3) is 2.93. The summed E-state index contributed by atoms with van der Waals surface area (Å²) in [4.78, 5) is 0. The van der Waals surface area contributed by atoms with Crippen molar-refractivity contribution in [1.29, 1.82) is 0 Å². The molecule has 0 radical (unpaired) electrons. The summed E-state index contributed by atoms with van der Waals surface area (Å²) in [5.41, 5.74) is 0. The van der Waals surface area contributed by atoms with Gasteiger partial charge in [0.2, 0.25) is 11.6 Å². The third-order valence-corrected chi connectivity index (χ3v) is 1.80. The SMILES string of the molecule is CCCCCNc1nonc1NC. The third-order valence-electron chi connectivity index (χ3n) is 1.80. The summed E-state index contributed by atoms with van der Waals surface area (Å²) in [5, 5.41) is 13.4. The largest absolute Gasteiger partial charge is 0.367 e. The smallest absolute Gasteiger partial charge is 0.215 e. The molecule has 1 aromatic heterocycles. The average molecular weight is 184 g/mol. The van der Waals surface area contributed by atoms with E-state index in [1.807, 2.05) is 0 Å². The molecule has 0 fully saturated rings. The molecule has 5 heteroatoms. The van der Waals surface area contributed by atoms with E-state index < -0.39 is 0 Å². The number of rotatable bonds is 6. The molecule has 0 aromatic carbocycles. The highest BCUT2D eigenvalue weighted by Gasteiger charge is 2.05. The molecule has 13 heavy (non-hydrogen) atoms. The molecular weight excluding hydrogens is 168 g/mol. The van der Waals surface area contributed by atoms with Crippen molar-refractivity contribution in [3.05, 3.63) is 0 Å². The summed E-state index contributed by atoms with van der Waals surface area (Å²) in [7, 11) is 1.79. The second kappa shape index (κ2) is 5.40. The van der Waals surface area contributed by atoms with Gasteiger partial charge in [-0.3, -0.25) is 0 Å². The number of aromatic nitrogens is 2. The van der Waals surface area contributed by atoms with Gasteiger partial charge in [0.25, 0.3) is 0 Å². The van der Waals surface area contributed by atoms with Gasteiger partial charge in [-0.15, -0.1) is 0 Å². The number of hydrogen-bond acceptors (Lipinski definition) is 5. The van der Waals surface area contributed by atoms with Crippen LogP contribution in [0.3, 0.4) is 0 Å². The van der Waals surface area contributed by atoms with Gasteiger partial charge >= 0.3 is 0 Å². The maximum atomic E-state index is 4.57. The maximum absolute atomic E-state index is 4.57. The van der Waals surface area contributed by atoms with Crippen LogP contribution in [0, 0.1) is 0 Å². The van der Waals surface area contributed by atoms with Crippen LogP contribution in [0.2, 0.25) is 0 Å². The lowest BCUT2D eigenvalue weighted by molar-refractivity contribution is 0.310. The van der Waals surface area contributed by atoms with E-state index in [0.717, 1.165) is 13.0 Å². The molecule has 74 valence electrons. The molecule has 0 amide bonds. The van der Waals surface area contributed by atoms with Gasteiger partial charge in [0.05, 0.1) is 0 Å². The van der Waals surface area contributed by atoms with Gasteiger partial charge in [-0.25, -0.2) is 4.63 Å². The minimum absolute atomic E-state index is 0.663. The van der Waals surface area contributed by atoms with Gasteiger partial charge < -0.3 is 10.6 Å². The summed E-state index contributed by atoms with van der Waals surface area (Å²) in [6, 6.07) is 0. The Hall–Kier alpha value is -1.26. The number of nitrogens with zero attached hydrogens (tertiary/aromatic N) is 2. The standard InChI is InChI=1S/C8H16N4O/c1-3-4-5-6-10-8-7(9-2)11-13-12-8/h3-6H2,1-2H3,(H,9,11)(H,10,12). The second-order valence-corrected chi connectivity index (χ2v) is 2.85. The zero-order chi connectivity index (χ0) is 9.52. The zero-order valence-electron chi connectivity index (χ0n) is 8.13. The van der Waals surface area contributed by atoms with Crippen LogP contribution in [0.5, 0.6) is 0 Å². The first-order chi connectivity index (χ1) is 6.38. The molecule has 2 N–H and O–H groups in total. The van der Waals surface area contributed by atoms with Crippen LogP contribution in [-0.2, 0) is 0 Å². The van der Waals surface area contributed by atoms with Gasteiger partial charge in [0.1, 0.15) is 0 Å². The van der Waals surface area contributed by atoms with Gasteiger partial charge in [-0.2, -0.15) is 0 Å². The molecule has 0 aliphatic heterocycles. The quantitative estimate of drug-likeness (QED) is 0.659. The highest BCUT2D eigenvalue weighted by atomic mass is 16.6. The van der Waals surface area contributed by atoms with Crippen molar-refractivity contribution in [2.45, 2.75) is 26.2 Å². The van der Waals surface area contributed by atoms with E-state index in [-0.39, 0.29) is 0 Å². The normalized spacial score (nSPS) is 10.0. The van der Waals surface area contributed by atoms with Crippen LogP contribution in [0.4, 0.5) is 11.6 Å². The van der Waals surface area contributed by atoms with Gasteiger partial charge in [0, 0.05) is 13.6 Å². The number of nitrogens with one attached hydrogen (secondary N) is 2. The lowest BCUT2D eigenvalue weighted by atomic mass is 10.2. The van der Waals surface area contributed by atoms with Crippen molar-refractivity contribution in [1.82, 2.24) is 10.3 Å². The summed E-state index contributed by atoms with van der Waals surface area (Å²) >= 11 is 0. The van der Waals surface area contributed by atoms with E-state index in [9.17, 15) is 0 Å². The van der Waals surface area contributed by atoms with Gasteiger partial charge in [0.15, 0.2) is 0 Å². The number of anilines is 2. The zero-order valence-corrected chi connectivity index (χ0v) is 8.13. The fourth-order valence-corrected chi connectivity index (χ4v) is 1.05. The molecule has 1 rings (SSSR count). The summed E-state index contributed by atoms with van der Waals surface area (Å²) in [6.45, 7) is 3.09. The first kappa shape index (κ1) is 9.83. The van der Waals surface area contributed by atoms with Crippen LogP contribution >= 0.6 is 0 Å². The number of unbranched alkanes of at least 4 members (excludes halogenated alkanes) is 2. The van der Waals surface area contributed by atoms with Crippen molar-refractivity contribution in [3.63, 3.8) is 0 Å². The fraction of sp³-hybridized carbons (Fsp3) is 0.750. The molecule has 0 aliphatic rings. The van der Waals surface area contributed by atoms with E-state index in [1.54, 1.807) is 7.05 Å². The molecule has 1 heterocycles. The van der Waals surface area contributed by atoms with Crippen LogP contribution in [0.15, 0.2) is 4.63 Å². The van der Waals surface area contributed by atoms with Crippen molar-refractivity contribution in [2.24, 2.45) is 0 Å². The summed E-state index contributed by atoms with van der Waals surface area (Å²) in [6.07, 6.45) is 3.59. The molecule has 0 saturated heterocycles. The Balaban J connectivity index is 2.27. The fourth-order valence-electron chi connectivity index (χ4n) is 1.05. The molecule has 0 bridgehead atoms. The Morgan fingerprint density at radius 2 is 2.00 bits per heavy atom. The Bertz CT molecular complexity index is 236. The number of hydrogen-bond donors (Lipinski definition) is 2. The molecule has 0 unspecified atom stereocenters. The van der Waals surface area contributed by atoms with Crippen LogP contribution < -0.4 is 10.6 Å². The molecule has 0 saturated carbocycles. The monoisotopic (exact) mass is 184 g/mol.